The molecule has 0 aliphatic rings. The predicted molar refractivity (Wildman–Crippen MR) is 63.8 cm³/mol. The normalized spacial score (nSPS) is 10.7. The van der Waals surface area contributed by atoms with E-state index in [2.05, 4.69) is 31.1 Å². The van der Waals surface area contributed by atoms with Crippen LogP contribution < -0.4 is 5.73 Å². The van der Waals surface area contributed by atoms with Gasteiger partial charge in [-0.1, -0.05) is 0 Å². The number of aromatic nitrogens is 3. The number of rotatable bonds is 2. The van der Waals surface area contributed by atoms with Gasteiger partial charge in [0, 0.05) is 10.6 Å². The molecule has 2 rings (SSSR count). The molecule has 1 aromatic heterocycles. The number of halogens is 2. The van der Waals surface area contributed by atoms with E-state index in [1.165, 1.54) is 23.9 Å². The van der Waals surface area contributed by atoms with E-state index >= 15 is 0 Å². The summed E-state index contributed by atoms with van der Waals surface area (Å²) in [6.45, 7) is 1.79. The number of nitrogens with zero attached hydrogens (tertiary/aromatic N) is 2. The maximum Gasteiger partial charge on any atom is 0.213 e. The quantitative estimate of drug-likeness (QED) is 0.837. The molecular formula is C9H8BrFN4S. The summed E-state index contributed by atoms with van der Waals surface area (Å²) in [5.41, 5.74) is 6.25. The van der Waals surface area contributed by atoms with Crippen molar-refractivity contribution in [3.63, 3.8) is 0 Å². The van der Waals surface area contributed by atoms with Gasteiger partial charge in [0.05, 0.1) is 4.47 Å². The van der Waals surface area contributed by atoms with Crippen LogP contribution in [0.15, 0.2) is 26.7 Å². The largest absolute Gasteiger partial charge is 0.398 e. The molecule has 0 aliphatic heterocycles. The summed E-state index contributed by atoms with van der Waals surface area (Å²) in [7, 11) is 0. The number of H-pyrrole nitrogens is 1. The first-order valence-electron chi connectivity index (χ1n) is 4.37. The number of aryl methyl sites for hydroxylation is 1. The topological polar surface area (TPSA) is 67.6 Å². The molecule has 0 saturated heterocycles. The van der Waals surface area contributed by atoms with Crippen LogP contribution >= 0.6 is 27.7 Å². The zero-order valence-corrected chi connectivity index (χ0v) is 10.7. The molecule has 0 fully saturated rings. The highest BCUT2D eigenvalue weighted by molar-refractivity contribution is 9.10. The van der Waals surface area contributed by atoms with Crippen molar-refractivity contribution < 1.29 is 4.39 Å². The highest BCUT2D eigenvalue weighted by Gasteiger charge is 2.09. The molecule has 16 heavy (non-hydrogen) atoms. The minimum absolute atomic E-state index is 0.348. The van der Waals surface area contributed by atoms with Gasteiger partial charge in [-0.3, -0.25) is 5.10 Å². The van der Waals surface area contributed by atoms with Gasteiger partial charge >= 0.3 is 0 Å². The summed E-state index contributed by atoms with van der Waals surface area (Å²) in [6, 6.07) is 2.88. The molecule has 1 aromatic carbocycles. The molecule has 0 saturated carbocycles. The van der Waals surface area contributed by atoms with Gasteiger partial charge in [-0.15, -0.1) is 5.10 Å². The number of nitrogens with one attached hydrogen (secondary N) is 1. The molecule has 4 nitrogen and oxygen atoms in total. The highest BCUT2D eigenvalue weighted by atomic mass is 79.9. The summed E-state index contributed by atoms with van der Waals surface area (Å²) in [5.74, 6) is 0.350. The Morgan fingerprint density at radius 1 is 1.50 bits per heavy atom. The van der Waals surface area contributed by atoms with Crippen LogP contribution in [0, 0.1) is 12.7 Å². The van der Waals surface area contributed by atoms with Crippen LogP contribution in [0.2, 0.25) is 0 Å². The number of nitrogen functional groups attached to an aromatic ring is 1. The Morgan fingerprint density at radius 2 is 2.25 bits per heavy atom. The second-order valence-electron chi connectivity index (χ2n) is 3.11. The molecule has 0 unspecified atom stereocenters. The van der Waals surface area contributed by atoms with Gasteiger partial charge in [0.15, 0.2) is 0 Å². The van der Waals surface area contributed by atoms with Crippen molar-refractivity contribution in [3.05, 3.63) is 28.2 Å². The van der Waals surface area contributed by atoms with E-state index in [0.29, 0.717) is 26.0 Å². The second-order valence-corrected chi connectivity index (χ2v) is 4.97. The molecule has 0 spiro atoms. The standard InChI is InChI=1S/C9H8BrFN4S/c1-4-13-9(15-14-4)16-8-3-6(11)5(10)2-7(8)12/h2-3H,12H2,1H3,(H,13,14,15). The van der Waals surface area contributed by atoms with Crippen LogP contribution in [0.3, 0.4) is 0 Å². The van der Waals surface area contributed by atoms with Crippen molar-refractivity contribution in [2.75, 3.05) is 5.73 Å². The summed E-state index contributed by atoms with van der Waals surface area (Å²) < 4.78 is 13.7. The Balaban J connectivity index is 2.31. The molecule has 84 valence electrons. The van der Waals surface area contributed by atoms with E-state index in [-0.39, 0.29) is 5.82 Å². The van der Waals surface area contributed by atoms with Gasteiger partial charge in [0.1, 0.15) is 11.6 Å². The number of anilines is 1. The van der Waals surface area contributed by atoms with E-state index in [4.69, 9.17) is 5.73 Å². The van der Waals surface area contributed by atoms with Crippen LogP contribution in [0.1, 0.15) is 5.82 Å². The van der Waals surface area contributed by atoms with Crippen molar-refractivity contribution in [2.45, 2.75) is 17.0 Å². The Bertz CT molecular complexity index is 528. The van der Waals surface area contributed by atoms with E-state index in [1.807, 2.05) is 0 Å². The Kier molecular flexibility index (Phi) is 3.15. The van der Waals surface area contributed by atoms with Crippen molar-refractivity contribution >= 4 is 33.4 Å². The molecule has 0 amide bonds. The van der Waals surface area contributed by atoms with Gasteiger partial charge in [-0.25, -0.2) is 9.37 Å². The van der Waals surface area contributed by atoms with E-state index in [9.17, 15) is 4.39 Å². The first-order valence-corrected chi connectivity index (χ1v) is 5.98. The fraction of sp³-hybridized carbons (Fsp3) is 0.111. The summed E-state index contributed by atoms with van der Waals surface area (Å²) in [6.07, 6.45) is 0. The van der Waals surface area contributed by atoms with Crippen molar-refractivity contribution in [3.8, 4) is 0 Å². The second kappa shape index (κ2) is 4.42. The smallest absolute Gasteiger partial charge is 0.213 e. The predicted octanol–water partition coefficient (Wildman–Crippen LogP) is 2.75. The van der Waals surface area contributed by atoms with Crippen LogP contribution in [-0.4, -0.2) is 15.2 Å². The molecule has 2 aromatic rings. The molecule has 0 aliphatic carbocycles. The summed E-state index contributed by atoms with van der Waals surface area (Å²) >= 11 is 4.29. The zero-order chi connectivity index (χ0) is 11.7. The molecule has 7 heteroatoms. The van der Waals surface area contributed by atoms with E-state index < -0.39 is 0 Å². The highest BCUT2D eigenvalue weighted by Crippen LogP contribution is 2.33. The van der Waals surface area contributed by atoms with Crippen LogP contribution in [-0.2, 0) is 0 Å². The zero-order valence-electron chi connectivity index (χ0n) is 8.29. The SMILES string of the molecule is Cc1nc(Sc2cc(F)c(Br)cc2N)n[nH]1. The lowest BCUT2D eigenvalue weighted by atomic mass is 10.3. The average molecular weight is 303 g/mol. The monoisotopic (exact) mass is 302 g/mol. The number of hydrogen-bond donors (Lipinski definition) is 2. The maximum atomic E-state index is 13.3. The van der Waals surface area contributed by atoms with Crippen LogP contribution in [0.25, 0.3) is 0 Å². The first-order chi connectivity index (χ1) is 7.56. The minimum Gasteiger partial charge on any atom is -0.398 e. The Morgan fingerprint density at radius 3 is 2.88 bits per heavy atom. The Labute approximate surface area is 104 Å². The maximum absolute atomic E-state index is 13.3. The third kappa shape index (κ3) is 2.35. The first kappa shape index (κ1) is 11.4. The lowest BCUT2D eigenvalue weighted by molar-refractivity contribution is 0.618. The minimum atomic E-state index is -0.357. The Hall–Kier alpha value is -1.08. The molecular weight excluding hydrogens is 295 g/mol. The van der Waals surface area contributed by atoms with Crippen LogP contribution in [0.5, 0.6) is 0 Å². The van der Waals surface area contributed by atoms with Gasteiger partial charge in [-0.05, 0) is 46.7 Å². The van der Waals surface area contributed by atoms with Crippen LogP contribution in [0.4, 0.5) is 10.1 Å². The van der Waals surface area contributed by atoms with E-state index in [1.54, 1.807) is 6.92 Å². The summed E-state index contributed by atoms with van der Waals surface area (Å²) in [4.78, 5) is 4.70. The average Bonchev–Trinajstić information content (AvgIpc) is 2.60. The van der Waals surface area contributed by atoms with Gasteiger partial charge < -0.3 is 5.73 Å². The van der Waals surface area contributed by atoms with Crippen molar-refractivity contribution in [2.24, 2.45) is 0 Å². The van der Waals surface area contributed by atoms with Gasteiger partial charge in [-0.2, -0.15) is 0 Å². The molecule has 0 bridgehead atoms. The van der Waals surface area contributed by atoms with Gasteiger partial charge in [0.25, 0.3) is 0 Å². The molecule has 3 N–H and O–H groups in total. The number of hydrogen-bond acceptors (Lipinski definition) is 4. The number of benzene rings is 1. The van der Waals surface area contributed by atoms with Crippen molar-refractivity contribution in [1.82, 2.24) is 15.2 Å². The van der Waals surface area contributed by atoms with Crippen molar-refractivity contribution in [1.29, 1.82) is 0 Å². The lowest BCUT2D eigenvalue weighted by Crippen LogP contribution is -1.91. The number of aromatic amines is 1. The number of nitrogens with two attached hydrogens (primary N) is 1. The fourth-order valence-corrected chi connectivity index (χ4v) is 2.27. The molecule has 0 atom stereocenters. The third-order valence-corrected chi connectivity index (χ3v) is 3.38. The fourth-order valence-electron chi connectivity index (χ4n) is 1.10. The lowest BCUT2D eigenvalue weighted by Gasteiger charge is -2.04. The summed E-state index contributed by atoms with van der Waals surface area (Å²) in [5, 5.41) is 7.17. The van der Waals surface area contributed by atoms with E-state index in [0.717, 1.165) is 0 Å². The third-order valence-electron chi connectivity index (χ3n) is 1.83. The molecule has 1 heterocycles. The molecule has 0 radical (unpaired) electrons. The van der Waals surface area contributed by atoms with Gasteiger partial charge in [0.2, 0.25) is 5.16 Å².